The summed E-state index contributed by atoms with van der Waals surface area (Å²) in [5, 5.41) is 14.4. The predicted molar refractivity (Wildman–Crippen MR) is 81.7 cm³/mol. The predicted octanol–water partition coefficient (Wildman–Crippen LogP) is 3.44. The van der Waals surface area contributed by atoms with Crippen LogP contribution < -0.4 is 10.6 Å². The lowest BCUT2D eigenvalue weighted by atomic mass is 10.3. The molecule has 2 amide bonds. The molecule has 5 nitrogen and oxygen atoms in total. The Morgan fingerprint density at radius 3 is 2.80 bits per heavy atom. The van der Waals surface area contributed by atoms with Crippen LogP contribution >= 0.6 is 23.4 Å². The Kier molecular flexibility index (Phi) is 7.25. The maximum Gasteiger partial charge on any atom is 0.319 e. The van der Waals surface area contributed by atoms with Crippen molar-refractivity contribution < 1.29 is 14.7 Å². The summed E-state index contributed by atoms with van der Waals surface area (Å²) in [6.07, 6.45) is 0.434. The highest BCUT2D eigenvalue weighted by atomic mass is 35.5. The van der Waals surface area contributed by atoms with Gasteiger partial charge in [-0.25, -0.2) is 4.79 Å². The van der Waals surface area contributed by atoms with Crippen LogP contribution in [0.2, 0.25) is 5.02 Å². The second kappa shape index (κ2) is 8.71. The molecule has 0 atom stereocenters. The van der Waals surface area contributed by atoms with Gasteiger partial charge in [0.1, 0.15) is 0 Å². The molecule has 0 aromatic heterocycles. The van der Waals surface area contributed by atoms with Crippen LogP contribution in [0.3, 0.4) is 0 Å². The summed E-state index contributed by atoms with van der Waals surface area (Å²) in [7, 11) is 0. The van der Waals surface area contributed by atoms with E-state index < -0.39 is 5.97 Å². The van der Waals surface area contributed by atoms with E-state index in [1.165, 1.54) is 0 Å². The lowest BCUT2D eigenvalue weighted by Crippen LogP contribution is -2.30. The lowest BCUT2D eigenvalue weighted by Gasteiger charge is -2.11. The van der Waals surface area contributed by atoms with Gasteiger partial charge in [-0.2, -0.15) is 0 Å². The van der Waals surface area contributed by atoms with Crippen LogP contribution in [-0.4, -0.2) is 29.4 Å². The number of anilines is 1. The fourth-order valence-corrected chi connectivity index (χ4v) is 2.40. The number of halogens is 1. The van der Waals surface area contributed by atoms with E-state index in [2.05, 4.69) is 10.6 Å². The number of benzene rings is 1. The van der Waals surface area contributed by atoms with Crippen LogP contribution in [0.1, 0.15) is 19.8 Å². The quantitative estimate of drug-likeness (QED) is 0.532. The Labute approximate surface area is 127 Å². The van der Waals surface area contributed by atoms with Crippen molar-refractivity contribution in [2.24, 2.45) is 0 Å². The molecule has 0 aliphatic rings. The minimum Gasteiger partial charge on any atom is -0.481 e. The fraction of sp³-hybridized carbons (Fsp3) is 0.385. The standard InChI is InChI=1S/C13H17ClN2O3S/c1-2-20-11-6-5-9(14)8-10(11)16-13(19)15-7-3-4-12(17)18/h5-6,8H,2-4,7H2,1H3,(H,17,18)(H2,15,16,19). The van der Waals surface area contributed by atoms with Crippen molar-refractivity contribution in [3.63, 3.8) is 0 Å². The van der Waals surface area contributed by atoms with Crippen LogP contribution in [0.15, 0.2) is 23.1 Å². The molecular formula is C13H17ClN2O3S. The number of aliphatic carboxylic acids is 1. The number of nitrogens with one attached hydrogen (secondary N) is 2. The first-order chi connectivity index (χ1) is 9.52. The number of carbonyl (C=O) groups excluding carboxylic acids is 1. The van der Waals surface area contributed by atoms with Crippen LogP contribution in [0.4, 0.5) is 10.5 Å². The van der Waals surface area contributed by atoms with Gasteiger partial charge in [-0.1, -0.05) is 18.5 Å². The SMILES string of the molecule is CCSc1ccc(Cl)cc1NC(=O)NCCCC(=O)O. The van der Waals surface area contributed by atoms with Gasteiger partial charge in [0, 0.05) is 22.9 Å². The minimum atomic E-state index is -0.872. The van der Waals surface area contributed by atoms with Gasteiger partial charge in [-0.3, -0.25) is 4.79 Å². The van der Waals surface area contributed by atoms with Crippen LogP contribution in [-0.2, 0) is 4.79 Å². The summed E-state index contributed by atoms with van der Waals surface area (Å²) in [6.45, 7) is 2.34. The molecule has 0 spiro atoms. The van der Waals surface area contributed by atoms with Crippen molar-refractivity contribution in [3.8, 4) is 0 Å². The van der Waals surface area contributed by atoms with Crippen LogP contribution in [0, 0.1) is 0 Å². The number of thioether (sulfide) groups is 1. The summed E-state index contributed by atoms with van der Waals surface area (Å²) < 4.78 is 0. The molecule has 0 bridgehead atoms. The van der Waals surface area contributed by atoms with Crippen molar-refractivity contribution in [3.05, 3.63) is 23.2 Å². The zero-order chi connectivity index (χ0) is 15.0. The van der Waals surface area contributed by atoms with Crippen LogP contribution in [0.5, 0.6) is 0 Å². The third-order valence-electron chi connectivity index (χ3n) is 2.34. The lowest BCUT2D eigenvalue weighted by molar-refractivity contribution is -0.137. The van der Waals surface area contributed by atoms with E-state index in [0.29, 0.717) is 23.7 Å². The highest BCUT2D eigenvalue weighted by Crippen LogP contribution is 2.29. The number of carboxylic acids is 1. The number of hydrogen-bond acceptors (Lipinski definition) is 3. The number of carboxylic acid groups (broad SMARTS) is 1. The molecule has 3 N–H and O–H groups in total. The molecule has 0 saturated carbocycles. The van der Waals surface area contributed by atoms with Crippen molar-refractivity contribution in [1.82, 2.24) is 5.32 Å². The molecule has 1 rings (SSSR count). The molecular weight excluding hydrogens is 300 g/mol. The molecule has 1 aromatic carbocycles. The van der Waals surface area contributed by atoms with E-state index >= 15 is 0 Å². The first kappa shape index (κ1) is 16.7. The first-order valence-corrected chi connectivity index (χ1v) is 7.58. The highest BCUT2D eigenvalue weighted by molar-refractivity contribution is 7.99. The fourth-order valence-electron chi connectivity index (χ4n) is 1.49. The molecule has 0 unspecified atom stereocenters. The van der Waals surface area contributed by atoms with Crippen molar-refractivity contribution in [2.75, 3.05) is 17.6 Å². The van der Waals surface area contributed by atoms with E-state index in [-0.39, 0.29) is 12.5 Å². The molecule has 20 heavy (non-hydrogen) atoms. The first-order valence-electron chi connectivity index (χ1n) is 6.22. The summed E-state index contributed by atoms with van der Waals surface area (Å²) in [6, 6.07) is 4.96. The maximum absolute atomic E-state index is 11.7. The molecule has 0 aliphatic carbocycles. The van der Waals surface area contributed by atoms with Gasteiger partial charge in [-0.15, -0.1) is 11.8 Å². The molecule has 7 heteroatoms. The third kappa shape index (κ3) is 6.16. The van der Waals surface area contributed by atoms with Gasteiger partial charge >= 0.3 is 12.0 Å². The summed E-state index contributed by atoms with van der Waals surface area (Å²) >= 11 is 7.52. The van der Waals surface area contributed by atoms with Gasteiger partial charge in [-0.05, 0) is 30.4 Å². The van der Waals surface area contributed by atoms with Crippen molar-refractivity contribution >= 4 is 41.1 Å². The summed E-state index contributed by atoms with van der Waals surface area (Å²) in [5.41, 5.74) is 0.653. The van der Waals surface area contributed by atoms with Crippen LogP contribution in [0.25, 0.3) is 0 Å². The van der Waals surface area contributed by atoms with E-state index in [9.17, 15) is 9.59 Å². The third-order valence-corrected chi connectivity index (χ3v) is 3.53. The van der Waals surface area contributed by atoms with Gasteiger partial charge < -0.3 is 15.7 Å². The molecule has 0 heterocycles. The van der Waals surface area contributed by atoms with Gasteiger partial charge in [0.15, 0.2) is 0 Å². The van der Waals surface area contributed by atoms with Gasteiger partial charge in [0.2, 0.25) is 0 Å². The second-order valence-corrected chi connectivity index (χ2v) is 5.69. The number of carbonyl (C=O) groups is 2. The molecule has 0 saturated heterocycles. The normalized spacial score (nSPS) is 10.1. The summed E-state index contributed by atoms with van der Waals surface area (Å²) in [4.78, 5) is 23.0. The Balaban J connectivity index is 2.52. The Hall–Kier alpha value is -1.40. The molecule has 0 fully saturated rings. The van der Waals surface area contributed by atoms with E-state index in [0.717, 1.165) is 10.6 Å². The number of hydrogen-bond donors (Lipinski definition) is 3. The molecule has 1 aromatic rings. The Morgan fingerprint density at radius 1 is 1.40 bits per heavy atom. The maximum atomic E-state index is 11.7. The molecule has 0 aliphatic heterocycles. The average molecular weight is 317 g/mol. The highest BCUT2D eigenvalue weighted by Gasteiger charge is 2.07. The second-order valence-electron chi connectivity index (χ2n) is 3.95. The monoisotopic (exact) mass is 316 g/mol. The largest absolute Gasteiger partial charge is 0.481 e. The minimum absolute atomic E-state index is 0.0361. The van der Waals surface area contributed by atoms with E-state index in [1.807, 2.05) is 13.0 Å². The molecule has 110 valence electrons. The number of urea groups is 1. The smallest absolute Gasteiger partial charge is 0.319 e. The zero-order valence-corrected chi connectivity index (χ0v) is 12.7. The van der Waals surface area contributed by atoms with E-state index in [1.54, 1.807) is 23.9 Å². The van der Waals surface area contributed by atoms with Gasteiger partial charge in [0.25, 0.3) is 0 Å². The zero-order valence-electron chi connectivity index (χ0n) is 11.1. The van der Waals surface area contributed by atoms with Gasteiger partial charge in [0.05, 0.1) is 5.69 Å². The molecule has 0 radical (unpaired) electrons. The number of rotatable bonds is 7. The summed E-state index contributed by atoms with van der Waals surface area (Å²) in [5.74, 6) is 0.0139. The van der Waals surface area contributed by atoms with Crippen molar-refractivity contribution in [1.29, 1.82) is 0 Å². The average Bonchev–Trinajstić information content (AvgIpc) is 2.38. The Bertz CT molecular complexity index is 483. The van der Waals surface area contributed by atoms with E-state index in [4.69, 9.17) is 16.7 Å². The Morgan fingerprint density at radius 2 is 2.15 bits per heavy atom. The topological polar surface area (TPSA) is 78.4 Å². The van der Waals surface area contributed by atoms with Crippen molar-refractivity contribution in [2.45, 2.75) is 24.7 Å². The number of amides is 2.